The van der Waals surface area contributed by atoms with Crippen LogP contribution in [0.3, 0.4) is 0 Å². The number of nitrogens with one attached hydrogen (secondary N) is 2. The van der Waals surface area contributed by atoms with Gasteiger partial charge in [-0.1, -0.05) is 42.5 Å². The number of benzene rings is 2. The molecule has 3 aromatic rings. The lowest BCUT2D eigenvalue weighted by atomic mass is 10.1. The van der Waals surface area contributed by atoms with E-state index < -0.39 is 0 Å². The summed E-state index contributed by atoms with van der Waals surface area (Å²) in [5, 5.41) is 5.62. The molecule has 0 aliphatic heterocycles. The Labute approximate surface area is 169 Å². The fourth-order valence-electron chi connectivity index (χ4n) is 2.83. The van der Waals surface area contributed by atoms with Crippen molar-refractivity contribution < 1.29 is 14.0 Å². The highest BCUT2D eigenvalue weighted by Gasteiger charge is 2.11. The van der Waals surface area contributed by atoms with Crippen molar-refractivity contribution in [1.29, 1.82) is 0 Å². The molecule has 0 atom stereocenters. The fraction of sp³-hybridized carbons (Fsp3) is 0.174. The lowest BCUT2D eigenvalue weighted by molar-refractivity contribution is 0.0949. The van der Waals surface area contributed by atoms with E-state index in [4.69, 9.17) is 0 Å². The lowest BCUT2D eigenvalue weighted by Gasteiger charge is -2.08. The van der Waals surface area contributed by atoms with Crippen LogP contribution in [-0.2, 0) is 12.8 Å². The maximum absolute atomic E-state index is 12.9. The molecular weight excluding hydrogens is 369 g/mol. The van der Waals surface area contributed by atoms with Crippen LogP contribution in [0.25, 0.3) is 0 Å². The predicted molar refractivity (Wildman–Crippen MR) is 109 cm³/mol. The zero-order chi connectivity index (χ0) is 20.5. The van der Waals surface area contributed by atoms with Crippen molar-refractivity contribution in [3.05, 3.63) is 101 Å². The third-order valence-corrected chi connectivity index (χ3v) is 4.41. The molecule has 0 radical (unpaired) electrons. The maximum Gasteiger partial charge on any atom is 0.269 e. The second-order valence-corrected chi connectivity index (χ2v) is 6.55. The molecule has 0 fully saturated rings. The number of nitrogens with zero attached hydrogens (tertiary/aromatic N) is 1. The van der Waals surface area contributed by atoms with Crippen LogP contribution in [0, 0.1) is 5.82 Å². The van der Waals surface area contributed by atoms with E-state index >= 15 is 0 Å². The summed E-state index contributed by atoms with van der Waals surface area (Å²) in [4.78, 5) is 28.7. The Kier molecular flexibility index (Phi) is 7.05. The molecule has 6 heteroatoms. The first-order valence-corrected chi connectivity index (χ1v) is 9.42. The van der Waals surface area contributed by atoms with Crippen LogP contribution in [0.15, 0.2) is 72.9 Å². The minimum Gasteiger partial charge on any atom is -0.352 e. The van der Waals surface area contributed by atoms with Crippen LogP contribution < -0.4 is 10.6 Å². The summed E-state index contributed by atoms with van der Waals surface area (Å²) in [6.07, 6.45) is 2.75. The van der Waals surface area contributed by atoms with Gasteiger partial charge in [0.2, 0.25) is 0 Å². The van der Waals surface area contributed by atoms with E-state index in [-0.39, 0.29) is 23.3 Å². The molecule has 3 rings (SSSR count). The van der Waals surface area contributed by atoms with Crippen LogP contribution >= 0.6 is 0 Å². The first-order chi connectivity index (χ1) is 14.1. The van der Waals surface area contributed by atoms with E-state index in [1.54, 1.807) is 18.2 Å². The topological polar surface area (TPSA) is 71.1 Å². The number of halogens is 1. The monoisotopic (exact) mass is 391 g/mol. The third-order valence-electron chi connectivity index (χ3n) is 4.41. The van der Waals surface area contributed by atoms with Gasteiger partial charge in [0.1, 0.15) is 11.5 Å². The number of hydrogen-bond donors (Lipinski definition) is 2. The molecule has 1 heterocycles. The van der Waals surface area contributed by atoms with Gasteiger partial charge < -0.3 is 10.6 Å². The van der Waals surface area contributed by atoms with Crippen LogP contribution in [0.4, 0.5) is 4.39 Å². The molecular formula is C23H22FN3O2. The summed E-state index contributed by atoms with van der Waals surface area (Å²) in [7, 11) is 0. The summed E-state index contributed by atoms with van der Waals surface area (Å²) in [5.41, 5.74) is 2.63. The quantitative estimate of drug-likeness (QED) is 0.620. The first-order valence-electron chi connectivity index (χ1n) is 9.42. The smallest absolute Gasteiger partial charge is 0.269 e. The number of aromatic nitrogens is 1. The molecule has 2 amide bonds. The number of pyridine rings is 1. The molecule has 0 saturated carbocycles. The Bertz CT molecular complexity index is 959. The van der Waals surface area contributed by atoms with Crippen molar-refractivity contribution in [3.63, 3.8) is 0 Å². The highest BCUT2D eigenvalue weighted by molar-refractivity contribution is 5.98. The van der Waals surface area contributed by atoms with Crippen LogP contribution in [0.2, 0.25) is 0 Å². The van der Waals surface area contributed by atoms with Crippen molar-refractivity contribution in [3.8, 4) is 0 Å². The summed E-state index contributed by atoms with van der Waals surface area (Å²) in [5.74, 6) is -0.893. The second-order valence-electron chi connectivity index (χ2n) is 6.55. The van der Waals surface area contributed by atoms with Gasteiger partial charge in [-0.05, 0) is 48.2 Å². The van der Waals surface area contributed by atoms with Crippen molar-refractivity contribution in [2.75, 3.05) is 13.1 Å². The van der Waals surface area contributed by atoms with E-state index in [0.717, 1.165) is 17.5 Å². The fourth-order valence-corrected chi connectivity index (χ4v) is 2.83. The largest absolute Gasteiger partial charge is 0.352 e. The van der Waals surface area contributed by atoms with E-state index in [9.17, 15) is 14.0 Å². The number of amides is 2. The molecule has 1 aromatic heterocycles. The van der Waals surface area contributed by atoms with Gasteiger partial charge in [-0.15, -0.1) is 0 Å². The molecule has 29 heavy (non-hydrogen) atoms. The minimum atomic E-state index is -0.356. The lowest BCUT2D eigenvalue weighted by Crippen LogP contribution is -2.28. The Morgan fingerprint density at radius 3 is 2.10 bits per heavy atom. The average molecular weight is 391 g/mol. The maximum atomic E-state index is 12.9. The van der Waals surface area contributed by atoms with Gasteiger partial charge >= 0.3 is 0 Å². The van der Waals surface area contributed by atoms with Gasteiger partial charge in [-0.25, -0.2) is 4.39 Å². The second kappa shape index (κ2) is 10.1. The molecule has 148 valence electrons. The third kappa shape index (κ3) is 6.24. The predicted octanol–water partition coefficient (Wildman–Crippen LogP) is 3.17. The van der Waals surface area contributed by atoms with Gasteiger partial charge in [0.05, 0.1) is 0 Å². The summed E-state index contributed by atoms with van der Waals surface area (Å²) in [6.45, 7) is 0.893. The molecule has 0 aliphatic rings. The van der Waals surface area contributed by atoms with E-state index in [1.165, 1.54) is 24.4 Å². The van der Waals surface area contributed by atoms with Gasteiger partial charge in [-0.2, -0.15) is 0 Å². The SMILES string of the molecule is O=C(NCCc1ccccc1)c1ccnc(C(=O)NCCc2ccc(F)cc2)c1. The van der Waals surface area contributed by atoms with E-state index in [1.807, 2.05) is 30.3 Å². The number of carbonyl (C=O) groups excluding carboxylic acids is 2. The summed E-state index contributed by atoms with van der Waals surface area (Å²) < 4.78 is 12.9. The highest BCUT2D eigenvalue weighted by atomic mass is 19.1. The van der Waals surface area contributed by atoms with Gasteiger partial charge in [0.25, 0.3) is 11.8 Å². The van der Waals surface area contributed by atoms with E-state index in [0.29, 0.717) is 25.1 Å². The van der Waals surface area contributed by atoms with Crippen molar-refractivity contribution in [2.45, 2.75) is 12.8 Å². The molecule has 0 saturated heterocycles. The molecule has 2 aromatic carbocycles. The first kappa shape index (κ1) is 20.2. The normalized spacial score (nSPS) is 10.4. The zero-order valence-corrected chi connectivity index (χ0v) is 15.9. The summed E-state index contributed by atoms with van der Waals surface area (Å²) >= 11 is 0. The molecule has 0 spiro atoms. The van der Waals surface area contributed by atoms with Crippen LogP contribution in [0.5, 0.6) is 0 Å². The Balaban J connectivity index is 1.49. The molecule has 5 nitrogen and oxygen atoms in total. The number of hydrogen-bond acceptors (Lipinski definition) is 3. The van der Waals surface area contributed by atoms with Crippen LogP contribution in [-0.4, -0.2) is 29.9 Å². The standard InChI is InChI=1S/C23H22FN3O2/c24-20-8-6-18(7-9-20)11-14-27-23(29)21-16-19(12-15-25-21)22(28)26-13-10-17-4-2-1-3-5-17/h1-9,12,15-16H,10-11,13-14H2,(H,26,28)(H,27,29). The minimum absolute atomic E-state index is 0.180. The van der Waals surface area contributed by atoms with Gasteiger partial charge in [0, 0.05) is 24.8 Å². The summed E-state index contributed by atoms with van der Waals surface area (Å²) in [6, 6.07) is 19.1. The molecule has 0 bridgehead atoms. The molecule has 0 unspecified atom stereocenters. The van der Waals surface area contributed by atoms with Crippen molar-refractivity contribution in [2.24, 2.45) is 0 Å². The van der Waals surface area contributed by atoms with Crippen molar-refractivity contribution in [1.82, 2.24) is 15.6 Å². The Hall–Kier alpha value is -3.54. The zero-order valence-electron chi connectivity index (χ0n) is 15.9. The number of rotatable bonds is 8. The molecule has 0 aliphatic carbocycles. The highest BCUT2D eigenvalue weighted by Crippen LogP contribution is 2.05. The van der Waals surface area contributed by atoms with E-state index in [2.05, 4.69) is 15.6 Å². The van der Waals surface area contributed by atoms with Crippen molar-refractivity contribution >= 4 is 11.8 Å². The molecule has 2 N–H and O–H groups in total. The Morgan fingerprint density at radius 1 is 0.793 bits per heavy atom. The van der Waals surface area contributed by atoms with Gasteiger partial charge in [-0.3, -0.25) is 14.6 Å². The Morgan fingerprint density at radius 2 is 1.41 bits per heavy atom. The average Bonchev–Trinajstić information content (AvgIpc) is 2.76. The van der Waals surface area contributed by atoms with Crippen LogP contribution in [0.1, 0.15) is 32.0 Å². The van der Waals surface area contributed by atoms with Gasteiger partial charge in [0.15, 0.2) is 0 Å². The number of carbonyl (C=O) groups is 2.